The number of aryl methyl sites for hydroxylation is 1. The summed E-state index contributed by atoms with van der Waals surface area (Å²) in [7, 11) is 1.23. The standard InChI is InChI=1S/C26H25F2N3O4/c1-14-22(24(25(32)33)35-26(2,3)4)23(16-11-18(28)20(34-5)12-17(16)27)31-21(29-14)13-19(30-31)15-9-7-6-8-10-15/h6-13,24H,1-5H3,(H,32,33). The molecule has 2 heterocycles. The van der Waals surface area contributed by atoms with E-state index in [0.29, 0.717) is 17.0 Å². The predicted octanol–water partition coefficient (Wildman–Crippen LogP) is 5.60. The third kappa shape index (κ3) is 4.72. The van der Waals surface area contributed by atoms with E-state index in [9.17, 15) is 14.3 Å². The second-order valence-electron chi connectivity index (χ2n) is 9.04. The molecule has 0 amide bonds. The van der Waals surface area contributed by atoms with Gasteiger partial charge in [-0.2, -0.15) is 5.10 Å². The summed E-state index contributed by atoms with van der Waals surface area (Å²) in [5.74, 6) is -3.19. The van der Waals surface area contributed by atoms with Gasteiger partial charge in [0.2, 0.25) is 0 Å². The van der Waals surface area contributed by atoms with Gasteiger partial charge in [0.05, 0.1) is 24.1 Å². The van der Waals surface area contributed by atoms with Crippen LogP contribution < -0.4 is 4.74 Å². The SMILES string of the molecule is COc1cc(F)c(-c2c(C(OC(C)(C)C)C(=O)O)c(C)nc3cc(-c4ccccc4)nn23)cc1F. The van der Waals surface area contributed by atoms with Gasteiger partial charge in [-0.15, -0.1) is 0 Å². The number of fused-ring (bicyclic) bond motifs is 1. The zero-order valence-corrected chi connectivity index (χ0v) is 20.0. The van der Waals surface area contributed by atoms with Gasteiger partial charge < -0.3 is 14.6 Å². The molecule has 9 heteroatoms. The van der Waals surface area contributed by atoms with Crippen molar-refractivity contribution in [3.8, 4) is 28.3 Å². The number of ether oxygens (including phenoxy) is 2. The Bertz CT molecular complexity index is 1410. The van der Waals surface area contributed by atoms with Gasteiger partial charge in [-0.3, -0.25) is 0 Å². The van der Waals surface area contributed by atoms with E-state index >= 15 is 4.39 Å². The lowest BCUT2D eigenvalue weighted by Crippen LogP contribution is -2.29. The third-order valence-electron chi connectivity index (χ3n) is 5.35. The zero-order chi connectivity index (χ0) is 25.5. The van der Waals surface area contributed by atoms with Gasteiger partial charge in [0.25, 0.3) is 0 Å². The number of rotatable bonds is 6. The number of benzene rings is 2. The summed E-state index contributed by atoms with van der Waals surface area (Å²) in [6, 6.07) is 12.8. The number of hydrogen-bond donors (Lipinski definition) is 1. The molecule has 0 spiro atoms. The second-order valence-corrected chi connectivity index (χ2v) is 9.04. The largest absolute Gasteiger partial charge is 0.494 e. The lowest BCUT2D eigenvalue weighted by atomic mass is 9.98. The van der Waals surface area contributed by atoms with Gasteiger partial charge in [0, 0.05) is 34.5 Å². The summed E-state index contributed by atoms with van der Waals surface area (Å²) in [6.07, 6.45) is -1.52. The van der Waals surface area contributed by atoms with Crippen molar-refractivity contribution in [2.75, 3.05) is 7.11 Å². The Kier molecular flexibility index (Phi) is 6.29. The fourth-order valence-corrected chi connectivity index (χ4v) is 3.91. The van der Waals surface area contributed by atoms with E-state index < -0.39 is 29.3 Å². The van der Waals surface area contributed by atoms with E-state index in [1.165, 1.54) is 11.6 Å². The van der Waals surface area contributed by atoms with Crippen molar-refractivity contribution in [3.63, 3.8) is 0 Å². The Hall–Kier alpha value is -3.85. The molecule has 0 saturated carbocycles. The minimum absolute atomic E-state index is 0.0328. The minimum atomic E-state index is -1.52. The predicted molar refractivity (Wildman–Crippen MR) is 126 cm³/mol. The van der Waals surface area contributed by atoms with Gasteiger partial charge in [0.1, 0.15) is 5.82 Å². The number of carbonyl (C=O) groups is 1. The van der Waals surface area contributed by atoms with E-state index in [1.54, 1.807) is 33.8 Å². The van der Waals surface area contributed by atoms with Gasteiger partial charge in [-0.25, -0.2) is 23.1 Å². The highest BCUT2D eigenvalue weighted by molar-refractivity contribution is 5.81. The van der Waals surface area contributed by atoms with Crippen molar-refractivity contribution in [2.45, 2.75) is 39.4 Å². The summed E-state index contributed by atoms with van der Waals surface area (Å²) in [6.45, 7) is 6.73. The molecule has 0 bridgehead atoms. The molecule has 0 aliphatic carbocycles. The number of halogens is 2. The molecule has 0 radical (unpaired) electrons. The van der Waals surface area contributed by atoms with Crippen LogP contribution in [0.15, 0.2) is 48.5 Å². The summed E-state index contributed by atoms with van der Waals surface area (Å²) in [5.41, 5.74) is 1.01. The molecule has 35 heavy (non-hydrogen) atoms. The number of methoxy groups -OCH3 is 1. The molecule has 0 aliphatic heterocycles. The molecule has 0 saturated heterocycles. The highest BCUT2D eigenvalue weighted by Gasteiger charge is 2.34. The van der Waals surface area contributed by atoms with Crippen molar-refractivity contribution >= 4 is 11.6 Å². The first-order chi connectivity index (χ1) is 16.5. The van der Waals surface area contributed by atoms with Crippen LogP contribution in [-0.2, 0) is 9.53 Å². The molecule has 4 aromatic rings. The quantitative estimate of drug-likeness (QED) is 0.386. The molecule has 1 atom stereocenters. The Balaban J connectivity index is 2.10. The highest BCUT2D eigenvalue weighted by atomic mass is 19.1. The number of nitrogens with zero attached hydrogens (tertiary/aromatic N) is 3. The van der Waals surface area contributed by atoms with E-state index in [0.717, 1.165) is 17.7 Å². The Labute approximate surface area is 201 Å². The summed E-state index contributed by atoms with van der Waals surface area (Å²) in [4.78, 5) is 16.9. The van der Waals surface area contributed by atoms with Gasteiger partial charge in [0.15, 0.2) is 23.3 Å². The third-order valence-corrected chi connectivity index (χ3v) is 5.35. The average Bonchev–Trinajstić information content (AvgIpc) is 3.21. The summed E-state index contributed by atoms with van der Waals surface area (Å²) in [5, 5.41) is 14.7. The highest BCUT2D eigenvalue weighted by Crippen LogP contribution is 2.38. The average molecular weight is 481 g/mol. The van der Waals surface area contributed by atoms with Crippen LogP contribution in [0.25, 0.3) is 28.2 Å². The Morgan fingerprint density at radius 2 is 1.77 bits per heavy atom. The molecule has 0 fully saturated rings. The maximum atomic E-state index is 15.4. The molecule has 4 rings (SSSR count). The molecule has 2 aromatic carbocycles. The van der Waals surface area contributed by atoms with E-state index in [4.69, 9.17) is 9.47 Å². The molecule has 1 unspecified atom stereocenters. The lowest BCUT2D eigenvalue weighted by Gasteiger charge is -2.27. The molecule has 182 valence electrons. The van der Waals surface area contributed by atoms with E-state index in [1.807, 2.05) is 30.3 Å². The van der Waals surface area contributed by atoms with Crippen molar-refractivity contribution in [1.82, 2.24) is 14.6 Å². The van der Waals surface area contributed by atoms with Crippen molar-refractivity contribution in [1.29, 1.82) is 0 Å². The first kappa shape index (κ1) is 24.3. The fourth-order valence-electron chi connectivity index (χ4n) is 3.91. The molecule has 2 aromatic heterocycles. The smallest absolute Gasteiger partial charge is 0.337 e. The van der Waals surface area contributed by atoms with Gasteiger partial charge in [-0.1, -0.05) is 30.3 Å². The first-order valence-electron chi connectivity index (χ1n) is 10.9. The Morgan fingerprint density at radius 1 is 1.09 bits per heavy atom. The number of hydrogen-bond acceptors (Lipinski definition) is 5. The first-order valence-corrected chi connectivity index (χ1v) is 10.9. The van der Waals surface area contributed by atoms with Crippen LogP contribution in [0.4, 0.5) is 8.78 Å². The minimum Gasteiger partial charge on any atom is -0.494 e. The van der Waals surface area contributed by atoms with Crippen molar-refractivity contribution in [3.05, 3.63) is 71.4 Å². The summed E-state index contributed by atoms with van der Waals surface area (Å²) < 4.78 is 42.2. The van der Waals surface area contributed by atoms with Crippen LogP contribution in [0.2, 0.25) is 0 Å². The van der Waals surface area contributed by atoms with Crippen LogP contribution >= 0.6 is 0 Å². The lowest BCUT2D eigenvalue weighted by molar-refractivity contribution is -0.160. The van der Waals surface area contributed by atoms with E-state index in [2.05, 4.69) is 10.1 Å². The second kappa shape index (κ2) is 9.07. The van der Waals surface area contributed by atoms with Crippen LogP contribution in [0.5, 0.6) is 5.75 Å². The molecular formula is C26H25F2N3O4. The number of carboxylic acids is 1. The maximum Gasteiger partial charge on any atom is 0.337 e. The molecule has 1 N–H and O–H groups in total. The van der Waals surface area contributed by atoms with Gasteiger partial charge >= 0.3 is 5.97 Å². The monoisotopic (exact) mass is 481 g/mol. The number of carboxylic acid groups (broad SMARTS) is 1. The molecule has 7 nitrogen and oxygen atoms in total. The van der Waals surface area contributed by atoms with Crippen molar-refractivity contribution < 1.29 is 28.2 Å². The van der Waals surface area contributed by atoms with Crippen LogP contribution in [-0.4, -0.2) is 38.4 Å². The molecule has 0 aliphatic rings. The number of aliphatic carboxylic acids is 1. The summed E-state index contributed by atoms with van der Waals surface area (Å²) >= 11 is 0. The maximum absolute atomic E-state index is 15.4. The number of aromatic nitrogens is 3. The Morgan fingerprint density at radius 3 is 2.37 bits per heavy atom. The van der Waals surface area contributed by atoms with Crippen LogP contribution in [0.3, 0.4) is 0 Å². The normalized spacial score (nSPS) is 12.7. The zero-order valence-electron chi connectivity index (χ0n) is 20.0. The van der Waals surface area contributed by atoms with Crippen LogP contribution in [0, 0.1) is 18.6 Å². The molecular weight excluding hydrogens is 456 g/mol. The fraction of sp³-hybridized carbons (Fsp3) is 0.269. The van der Waals surface area contributed by atoms with Crippen LogP contribution in [0.1, 0.15) is 38.1 Å². The van der Waals surface area contributed by atoms with E-state index in [-0.39, 0.29) is 22.6 Å². The van der Waals surface area contributed by atoms with Crippen molar-refractivity contribution in [2.24, 2.45) is 0 Å². The topological polar surface area (TPSA) is 86.0 Å². The van der Waals surface area contributed by atoms with Gasteiger partial charge in [-0.05, 0) is 33.8 Å².